The normalized spacial score (nSPS) is 14.5. The van der Waals surface area contributed by atoms with Gasteiger partial charge in [-0.1, -0.05) is 18.2 Å². The zero-order valence-electron chi connectivity index (χ0n) is 27.9. The largest absolute Gasteiger partial charge is 0.494 e. The summed E-state index contributed by atoms with van der Waals surface area (Å²) in [6, 6.07) is 7.76. The van der Waals surface area contributed by atoms with Crippen LogP contribution >= 0.6 is 0 Å². The maximum absolute atomic E-state index is 13.6. The number of alkyl carbamates (subject to hydrolysis) is 2. The third-order valence-electron chi connectivity index (χ3n) is 6.41. The Morgan fingerprint density at radius 1 is 0.809 bits per heavy atom. The highest BCUT2D eigenvalue weighted by molar-refractivity contribution is 5.82. The Labute approximate surface area is 274 Å². The maximum atomic E-state index is 13.6. The van der Waals surface area contributed by atoms with Crippen LogP contribution in [0.1, 0.15) is 77.6 Å². The van der Waals surface area contributed by atoms with Gasteiger partial charge in [0.25, 0.3) is 0 Å². The minimum atomic E-state index is -1.42. The molecule has 3 rings (SSSR count). The molecule has 4 N–H and O–H groups in total. The Morgan fingerprint density at radius 3 is 1.70 bits per heavy atom. The number of carboxylic acids is 2. The predicted octanol–water partition coefficient (Wildman–Crippen LogP) is 5.30. The molecule has 1 fully saturated rings. The van der Waals surface area contributed by atoms with E-state index in [1.807, 2.05) is 0 Å². The van der Waals surface area contributed by atoms with Gasteiger partial charge in [-0.15, -0.1) is 0 Å². The van der Waals surface area contributed by atoms with Gasteiger partial charge in [-0.05, 0) is 103 Å². The first-order valence-electron chi connectivity index (χ1n) is 15.1. The van der Waals surface area contributed by atoms with E-state index >= 15 is 0 Å². The number of hydrogen-bond donors (Lipinski definition) is 4. The topological polar surface area (TPSA) is 173 Å². The number of carboxylic acid groups (broad SMARTS) is 2. The van der Waals surface area contributed by atoms with Crippen LogP contribution in [-0.2, 0) is 19.1 Å². The second-order valence-electron chi connectivity index (χ2n) is 12.7. The second-order valence-corrected chi connectivity index (χ2v) is 12.7. The van der Waals surface area contributed by atoms with Crippen molar-refractivity contribution in [2.45, 2.75) is 77.7 Å². The van der Waals surface area contributed by atoms with Crippen molar-refractivity contribution in [2.24, 2.45) is 0 Å². The molecule has 1 aliphatic rings. The van der Waals surface area contributed by atoms with Crippen LogP contribution in [0.2, 0.25) is 0 Å². The number of hydrogen-bond acceptors (Lipinski definition) is 9. The fourth-order valence-corrected chi connectivity index (χ4v) is 4.34. The van der Waals surface area contributed by atoms with Crippen molar-refractivity contribution in [1.82, 2.24) is 15.5 Å². The SMILES string of the molecule is CC(C)(C)OC(=O)NC(C(=O)O)c1ccc(OCCN2CCCC2)cc1.COc1ccc(C(NC(=O)OC(C)(C)C)C(=O)O)cc1F. The van der Waals surface area contributed by atoms with Gasteiger partial charge in [-0.25, -0.2) is 23.6 Å². The number of nitrogens with zero attached hydrogens (tertiary/aromatic N) is 1. The fourth-order valence-electron chi connectivity index (χ4n) is 4.34. The molecule has 2 unspecified atom stereocenters. The molecule has 47 heavy (non-hydrogen) atoms. The van der Waals surface area contributed by atoms with E-state index in [1.165, 1.54) is 32.1 Å². The van der Waals surface area contributed by atoms with Gasteiger partial charge in [0.1, 0.15) is 23.6 Å². The summed E-state index contributed by atoms with van der Waals surface area (Å²) in [4.78, 5) is 48.6. The van der Waals surface area contributed by atoms with Gasteiger partial charge in [-0.3, -0.25) is 4.90 Å². The van der Waals surface area contributed by atoms with Crippen LogP contribution in [0.5, 0.6) is 11.5 Å². The van der Waals surface area contributed by atoms with E-state index < -0.39 is 53.2 Å². The van der Waals surface area contributed by atoms with Crippen molar-refractivity contribution in [1.29, 1.82) is 0 Å². The molecular weight excluding hydrogens is 617 g/mol. The van der Waals surface area contributed by atoms with Crippen LogP contribution < -0.4 is 20.1 Å². The monoisotopic (exact) mass is 663 g/mol. The van der Waals surface area contributed by atoms with Crippen molar-refractivity contribution >= 4 is 24.1 Å². The number of carbonyl (C=O) groups excluding carboxylic acids is 2. The Morgan fingerprint density at radius 2 is 1.28 bits per heavy atom. The molecule has 2 aromatic carbocycles. The molecule has 2 amide bonds. The number of nitrogens with one attached hydrogen (secondary N) is 2. The van der Waals surface area contributed by atoms with Gasteiger partial charge in [0.2, 0.25) is 0 Å². The molecule has 0 saturated carbocycles. The first-order chi connectivity index (χ1) is 21.9. The molecule has 13 nitrogen and oxygen atoms in total. The highest BCUT2D eigenvalue weighted by Gasteiger charge is 2.27. The summed E-state index contributed by atoms with van der Waals surface area (Å²) in [5.74, 6) is -2.54. The molecule has 1 aliphatic heterocycles. The lowest BCUT2D eigenvalue weighted by Gasteiger charge is -2.22. The highest BCUT2D eigenvalue weighted by atomic mass is 19.1. The van der Waals surface area contributed by atoms with E-state index in [9.17, 15) is 28.7 Å². The summed E-state index contributed by atoms with van der Waals surface area (Å²) in [6.45, 7) is 13.8. The zero-order valence-corrected chi connectivity index (χ0v) is 27.9. The Bertz CT molecular complexity index is 1350. The number of amides is 2. The van der Waals surface area contributed by atoms with Crippen LogP contribution in [0.3, 0.4) is 0 Å². The molecule has 0 aromatic heterocycles. The third-order valence-corrected chi connectivity index (χ3v) is 6.41. The molecule has 0 radical (unpaired) electrons. The van der Waals surface area contributed by atoms with Gasteiger partial charge < -0.3 is 39.8 Å². The van der Waals surface area contributed by atoms with E-state index in [0.29, 0.717) is 17.9 Å². The number of aliphatic carboxylic acids is 2. The molecule has 2 aromatic rings. The highest BCUT2D eigenvalue weighted by Crippen LogP contribution is 2.23. The summed E-state index contributed by atoms with van der Waals surface area (Å²) in [7, 11) is 1.30. The van der Waals surface area contributed by atoms with Gasteiger partial charge in [0.05, 0.1) is 7.11 Å². The smallest absolute Gasteiger partial charge is 0.408 e. The number of rotatable bonds is 11. The van der Waals surface area contributed by atoms with E-state index in [0.717, 1.165) is 25.7 Å². The molecular formula is C33H46FN3O10. The third kappa shape index (κ3) is 14.2. The average Bonchev–Trinajstić information content (AvgIpc) is 3.47. The summed E-state index contributed by atoms with van der Waals surface area (Å²) in [6.07, 6.45) is 0.827. The molecule has 1 saturated heterocycles. The number of likely N-dealkylation sites (tertiary alicyclic amines) is 1. The first-order valence-corrected chi connectivity index (χ1v) is 15.1. The van der Waals surface area contributed by atoms with Gasteiger partial charge in [0.15, 0.2) is 23.7 Å². The summed E-state index contributed by atoms with van der Waals surface area (Å²) < 4.78 is 34.2. The molecule has 0 aliphatic carbocycles. The quantitative estimate of drug-likeness (QED) is 0.246. The molecule has 0 spiro atoms. The van der Waals surface area contributed by atoms with Crippen LogP contribution in [0, 0.1) is 5.82 Å². The lowest BCUT2D eigenvalue weighted by Crippen LogP contribution is -2.38. The molecule has 260 valence electrons. The van der Waals surface area contributed by atoms with Crippen LogP contribution in [0.15, 0.2) is 42.5 Å². The van der Waals surface area contributed by atoms with Crippen molar-refractivity contribution in [3.63, 3.8) is 0 Å². The zero-order chi connectivity index (χ0) is 35.4. The molecule has 14 heteroatoms. The second kappa shape index (κ2) is 17.4. The lowest BCUT2D eigenvalue weighted by atomic mass is 10.1. The predicted molar refractivity (Wildman–Crippen MR) is 170 cm³/mol. The van der Waals surface area contributed by atoms with Gasteiger partial charge in [-0.2, -0.15) is 0 Å². The maximum Gasteiger partial charge on any atom is 0.408 e. The van der Waals surface area contributed by atoms with Crippen molar-refractivity contribution in [3.8, 4) is 11.5 Å². The Hall–Kier alpha value is -4.59. The Kier molecular flexibility index (Phi) is 14.3. The van der Waals surface area contributed by atoms with E-state index in [-0.39, 0.29) is 11.3 Å². The summed E-state index contributed by atoms with van der Waals surface area (Å²) in [5, 5.41) is 23.1. The summed E-state index contributed by atoms with van der Waals surface area (Å²) >= 11 is 0. The van der Waals surface area contributed by atoms with Gasteiger partial charge >= 0.3 is 24.1 Å². The van der Waals surface area contributed by atoms with Crippen LogP contribution in [0.25, 0.3) is 0 Å². The molecule has 2 atom stereocenters. The number of benzene rings is 2. The van der Waals surface area contributed by atoms with E-state index in [1.54, 1.807) is 65.8 Å². The van der Waals surface area contributed by atoms with Crippen molar-refractivity contribution in [3.05, 3.63) is 59.4 Å². The van der Waals surface area contributed by atoms with Crippen LogP contribution in [-0.4, -0.2) is 83.8 Å². The molecule has 1 heterocycles. The standard InChI is InChI=1S/C19H28N2O5.C14H18FNO5/c1-19(2,3)26-18(24)20-16(17(22)23)14-6-8-15(9-7-14)25-13-12-21-10-4-5-11-21;1-14(2,3)21-13(19)16-11(12(17)18)8-5-6-10(20-4)9(15)7-8/h6-9,16H,4-5,10-13H2,1-3H3,(H,20,24)(H,22,23);5-7,11H,1-4H3,(H,16,19)(H,17,18). The minimum Gasteiger partial charge on any atom is -0.494 e. The first kappa shape index (κ1) is 38.6. The Balaban J connectivity index is 0.000000335. The fraction of sp³-hybridized carbons (Fsp3) is 0.515. The van der Waals surface area contributed by atoms with E-state index in [2.05, 4.69) is 15.5 Å². The number of ether oxygens (including phenoxy) is 4. The van der Waals surface area contributed by atoms with Gasteiger partial charge in [0, 0.05) is 6.54 Å². The number of halogens is 1. The van der Waals surface area contributed by atoms with E-state index in [4.69, 9.17) is 24.1 Å². The summed E-state index contributed by atoms with van der Waals surface area (Å²) in [5.41, 5.74) is -0.930. The molecule has 0 bridgehead atoms. The van der Waals surface area contributed by atoms with Crippen molar-refractivity contribution in [2.75, 3.05) is 33.4 Å². The van der Waals surface area contributed by atoms with Crippen molar-refractivity contribution < 1.29 is 52.7 Å². The van der Waals surface area contributed by atoms with Crippen LogP contribution in [0.4, 0.5) is 14.0 Å². The number of methoxy groups -OCH3 is 1. The number of carbonyl (C=O) groups is 4. The lowest BCUT2D eigenvalue weighted by molar-refractivity contribution is -0.140. The minimum absolute atomic E-state index is 0.0137. The average molecular weight is 664 g/mol.